The molecule has 0 fully saturated rings. The van der Waals surface area contributed by atoms with Crippen molar-refractivity contribution in [2.75, 3.05) is 5.75 Å². The van der Waals surface area contributed by atoms with E-state index in [1.807, 2.05) is 20.8 Å². The lowest BCUT2D eigenvalue weighted by Crippen LogP contribution is -2.17. The highest BCUT2D eigenvalue weighted by molar-refractivity contribution is 8.01. The molecule has 0 unspecified atom stereocenters. The molecule has 0 radical (unpaired) electrons. The SMILES string of the molecule is CC(C)(C)SCC(=O)Oc1ccccc1F. The van der Waals surface area contributed by atoms with Crippen LogP contribution in [0.1, 0.15) is 20.8 Å². The topological polar surface area (TPSA) is 26.3 Å². The molecule has 16 heavy (non-hydrogen) atoms. The number of hydrogen-bond donors (Lipinski definition) is 0. The van der Waals surface area contributed by atoms with E-state index < -0.39 is 11.8 Å². The van der Waals surface area contributed by atoms with Crippen molar-refractivity contribution < 1.29 is 13.9 Å². The highest BCUT2D eigenvalue weighted by Gasteiger charge is 2.15. The van der Waals surface area contributed by atoms with Gasteiger partial charge in [0.15, 0.2) is 11.6 Å². The molecule has 0 aliphatic rings. The molecule has 0 atom stereocenters. The van der Waals surface area contributed by atoms with Crippen LogP contribution in [0.3, 0.4) is 0 Å². The monoisotopic (exact) mass is 242 g/mol. The first-order valence-electron chi connectivity index (χ1n) is 4.98. The molecule has 4 heteroatoms. The third-order valence-corrected chi connectivity index (χ3v) is 2.93. The first-order chi connectivity index (χ1) is 7.38. The second-order valence-corrected chi connectivity index (χ2v) is 6.11. The number of rotatable bonds is 3. The van der Waals surface area contributed by atoms with Crippen LogP contribution in [0.15, 0.2) is 24.3 Å². The number of esters is 1. The van der Waals surface area contributed by atoms with Crippen LogP contribution in [0.25, 0.3) is 0 Å². The molecule has 0 N–H and O–H groups in total. The van der Waals surface area contributed by atoms with E-state index in [1.165, 1.54) is 23.9 Å². The first kappa shape index (κ1) is 13.0. The van der Waals surface area contributed by atoms with Gasteiger partial charge in [0, 0.05) is 4.75 Å². The molecule has 2 nitrogen and oxygen atoms in total. The molecule has 88 valence electrons. The highest BCUT2D eigenvalue weighted by Crippen LogP contribution is 2.23. The molecule has 1 rings (SSSR count). The third kappa shape index (κ3) is 4.66. The average molecular weight is 242 g/mol. The molecule has 0 aromatic heterocycles. The highest BCUT2D eigenvalue weighted by atomic mass is 32.2. The van der Waals surface area contributed by atoms with E-state index in [9.17, 15) is 9.18 Å². The van der Waals surface area contributed by atoms with Gasteiger partial charge in [0.2, 0.25) is 0 Å². The molecule has 0 bridgehead atoms. The maximum absolute atomic E-state index is 13.1. The van der Waals surface area contributed by atoms with Gasteiger partial charge in [0.25, 0.3) is 0 Å². The summed E-state index contributed by atoms with van der Waals surface area (Å²) < 4.78 is 18.0. The van der Waals surface area contributed by atoms with Crippen molar-refractivity contribution in [3.05, 3.63) is 30.1 Å². The summed E-state index contributed by atoms with van der Waals surface area (Å²) in [4.78, 5) is 11.4. The van der Waals surface area contributed by atoms with E-state index in [1.54, 1.807) is 12.1 Å². The fraction of sp³-hybridized carbons (Fsp3) is 0.417. The van der Waals surface area contributed by atoms with Gasteiger partial charge in [-0.2, -0.15) is 0 Å². The predicted molar refractivity (Wildman–Crippen MR) is 64.2 cm³/mol. The van der Waals surface area contributed by atoms with E-state index in [2.05, 4.69) is 0 Å². The Hall–Kier alpha value is -1.03. The Balaban J connectivity index is 2.50. The van der Waals surface area contributed by atoms with Crippen LogP contribution >= 0.6 is 11.8 Å². The summed E-state index contributed by atoms with van der Waals surface area (Å²) in [6.07, 6.45) is 0. The Morgan fingerprint density at radius 3 is 2.56 bits per heavy atom. The van der Waals surface area contributed by atoms with Crippen molar-refractivity contribution in [1.29, 1.82) is 0 Å². The molecule has 1 aromatic rings. The lowest BCUT2D eigenvalue weighted by Gasteiger charge is -2.16. The van der Waals surface area contributed by atoms with Gasteiger partial charge in [-0.15, -0.1) is 11.8 Å². The van der Waals surface area contributed by atoms with Crippen molar-refractivity contribution in [2.24, 2.45) is 0 Å². The molecule has 0 aliphatic carbocycles. The Morgan fingerprint density at radius 2 is 2.00 bits per heavy atom. The summed E-state index contributed by atoms with van der Waals surface area (Å²) in [5, 5.41) is 0. The number of ether oxygens (including phenoxy) is 1. The van der Waals surface area contributed by atoms with E-state index >= 15 is 0 Å². The minimum atomic E-state index is -0.517. The number of halogens is 1. The normalized spacial score (nSPS) is 11.2. The van der Waals surface area contributed by atoms with E-state index in [-0.39, 0.29) is 16.2 Å². The molecule has 0 saturated carbocycles. The number of carbonyl (C=O) groups is 1. The lowest BCUT2D eigenvalue weighted by molar-refractivity contribution is -0.131. The van der Waals surface area contributed by atoms with Crippen molar-refractivity contribution in [2.45, 2.75) is 25.5 Å². The zero-order valence-electron chi connectivity index (χ0n) is 9.62. The summed E-state index contributed by atoms with van der Waals surface area (Å²) in [6, 6.07) is 5.88. The van der Waals surface area contributed by atoms with Crippen LogP contribution in [0.5, 0.6) is 5.75 Å². The Labute approximate surface area is 99.2 Å². The number of para-hydroxylation sites is 1. The Kier molecular flexibility index (Phi) is 4.35. The summed E-state index contributed by atoms with van der Waals surface area (Å²) in [5.74, 6) is -0.735. The minimum absolute atomic E-state index is 0.00570. The summed E-state index contributed by atoms with van der Waals surface area (Å²) in [7, 11) is 0. The second-order valence-electron chi connectivity index (χ2n) is 4.31. The van der Waals surface area contributed by atoms with Gasteiger partial charge < -0.3 is 4.74 Å². The number of carbonyl (C=O) groups excluding carboxylic acids is 1. The van der Waals surface area contributed by atoms with Crippen molar-refractivity contribution in [3.8, 4) is 5.75 Å². The van der Waals surface area contributed by atoms with Crippen LogP contribution < -0.4 is 4.74 Å². The maximum Gasteiger partial charge on any atom is 0.321 e. The van der Waals surface area contributed by atoms with Crippen LogP contribution in [-0.4, -0.2) is 16.5 Å². The second kappa shape index (κ2) is 5.34. The van der Waals surface area contributed by atoms with Crippen LogP contribution in [0, 0.1) is 5.82 Å². The van der Waals surface area contributed by atoms with Crippen LogP contribution in [0.2, 0.25) is 0 Å². The minimum Gasteiger partial charge on any atom is -0.423 e. The van der Waals surface area contributed by atoms with Gasteiger partial charge in [-0.1, -0.05) is 32.9 Å². The number of hydrogen-bond acceptors (Lipinski definition) is 3. The van der Waals surface area contributed by atoms with Crippen molar-refractivity contribution in [3.63, 3.8) is 0 Å². The average Bonchev–Trinajstić information content (AvgIpc) is 2.18. The van der Waals surface area contributed by atoms with E-state index in [0.29, 0.717) is 0 Å². The molecule has 0 heterocycles. The Bertz CT molecular complexity index is 372. The molecule has 1 aromatic carbocycles. The van der Waals surface area contributed by atoms with Gasteiger partial charge in [-0.3, -0.25) is 4.79 Å². The summed E-state index contributed by atoms with van der Waals surface area (Å²) in [5.41, 5.74) is 0. The molecule has 0 saturated heterocycles. The fourth-order valence-electron chi connectivity index (χ4n) is 0.955. The van der Waals surface area contributed by atoms with E-state index in [4.69, 9.17) is 4.74 Å². The molecule has 0 amide bonds. The molecule has 0 spiro atoms. The fourth-order valence-corrected chi connectivity index (χ4v) is 1.56. The van der Waals surface area contributed by atoms with Crippen molar-refractivity contribution in [1.82, 2.24) is 0 Å². The predicted octanol–water partition coefficient (Wildman–Crippen LogP) is 3.26. The lowest BCUT2D eigenvalue weighted by atomic mass is 10.3. The summed E-state index contributed by atoms with van der Waals surface area (Å²) in [6.45, 7) is 6.02. The summed E-state index contributed by atoms with van der Waals surface area (Å²) >= 11 is 1.47. The smallest absolute Gasteiger partial charge is 0.321 e. The third-order valence-electron chi connectivity index (χ3n) is 1.68. The van der Waals surface area contributed by atoms with Crippen LogP contribution in [-0.2, 0) is 4.79 Å². The number of thioether (sulfide) groups is 1. The quantitative estimate of drug-likeness (QED) is 0.601. The van der Waals surface area contributed by atoms with Gasteiger partial charge in [0.05, 0.1) is 5.75 Å². The Morgan fingerprint density at radius 1 is 1.38 bits per heavy atom. The number of benzene rings is 1. The van der Waals surface area contributed by atoms with Gasteiger partial charge in [-0.05, 0) is 12.1 Å². The molecule has 0 aliphatic heterocycles. The largest absolute Gasteiger partial charge is 0.423 e. The molecular weight excluding hydrogens is 227 g/mol. The van der Waals surface area contributed by atoms with E-state index in [0.717, 1.165) is 0 Å². The zero-order valence-corrected chi connectivity index (χ0v) is 10.4. The van der Waals surface area contributed by atoms with Crippen molar-refractivity contribution >= 4 is 17.7 Å². The maximum atomic E-state index is 13.1. The van der Waals surface area contributed by atoms with Gasteiger partial charge in [-0.25, -0.2) is 4.39 Å². The molecular formula is C12H15FO2S. The zero-order chi connectivity index (χ0) is 12.2. The standard InChI is InChI=1S/C12H15FO2S/c1-12(2,3)16-8-11(14)15-10-7-5-4-6-9(10)13/h4-7H,8H2,1-3H3. The van der Waals surface area contributed by atoms with Gasteiger partial charge in [0.1, 0.15) is 0 Å². The van der Waals surface area contributed by atoms with Gasteiger partial charge >= 0.3 is 5.97 Å². The first-order valence-corrected chi connectivity index (χ1v) is 5.96. The van der Waals surface area contributed by atoms with Crippen LogP contribution in [0.4, 0.5) is 4.39 Å².